The van der Waals surface area contributed by atoms with E-state index >= 15 is 0 Å². The monoisotopic (exact) mass is 439 g/mol. The maximum Gasteiger partial charge on any atom is 0.251 e. The Morgan fingerprint density at radius 3 is 2.47 bits per heavy atom. The van der Waals surface area contributed by atoms with E-state index in [1.165, 1.54) is 12.1 Å². The number of amides is 1. The van der Waals surface area contributed by atoms with Gasteiger partial charge in [0.2, 0.25) is 5.43 Å². The van der Waals surface area contributed by atoms with Gasteiger partial charge in [-0.2, -0.15) is 0 Å². The highest BCUT2D eigenvalue weighted by molar-refractivity contribution is 6.33. The molecule has 2 aliphatic carbocycles. The van der Waals surface area contributed by atoms with Crippen LogP contribution in [0.25, 0.3) is 33.4 Å². The minimum atomic E-state index is -0.358. The molecule has 1 aliphatic heterocycles. The topological polar surface area (TPSA) is 79.5 Å². The first-order valence-corrected chi connectivity index (χ1v) is 10.2. The number of rotatable bonds is 3. The van der Waals surface area contributed by atoms with Gasteiger partial charge in [0, 0.05) is 40.3 Å². The number of carbonyl (C=O) groups excluding carboxylic acids is 1. The SMILES string of the molecule is O=C(NC1CC1)c1ccc(-c2c3cc(Cl)c(=O)cc-3oc3cc(O)c(Cl)cc23)cc1. The molecule has 1 amide bonds. The maximum absolute atomic E-state index is 12.3. The zero-order valence-electron chi connectivity index (χ0n) is 15.5. The molecule has 2 N–H and O–H groups in total. The molecule has 0 unspecified atom stereocenters. The summed E-state index contributed by atoms with van der Waals surface area (Å²) in [7, 11) is 0. The third-order valence-electron chi connectivity index (χ3n) is 5.19. The van der Waals surface area contributed by atoms with E-state index in [2.05, 4.69) is 5.32 Å². The van der Waals surface area contributed by atoms with E-state index in [4.69, 9.17) is 27.6 Å². The van der Waals surface area contributed by atoms with E-state index < -0.39 is 0 Å². The van der Waals surface area contributed by atoms with Gasteiger partial charge in [0.15, 0.2) is 0 Å². The Morgan fingerprint density at radius 2 is 1.77 bits per heavy atom. The fourth-order valence-corrected chi connectivity index (χ4v) is 3.82. The number of hydrogen-bond acceptors (Lipinski definition) is 4. The summed E-state index contributed by atoms with van der Waals surface area (Å²) in [4.78, 5) is 24.4. The normalized spacial score (nSPS) is 13.7. The Labute approximate surface area is 181 Å². The molecule has 1 fully saturated rings. The predicted octanol–water partition coefficient (Wildman–Crippen LogP) is 5.47. The van der Waals surface area contributed by atoms with Gasteiger partial charge in [-0.05, 0) is 42.7 Å². The molecule has 2 aromatic carbocycles. The van der Waals surface area contributed by atoms with Crippen LogP contribution in [0.1, 0.15) is 23.2 Å². The minimum Gasteiger partial charge on any atom is -0.506 e. The highest BCUT2D eigenvalue weighted by Crippen LogP contribution is 2.43. The molecule has 3 aliphatic rings. The summed E-state index contributed by atoms with van der Waals surface area (Å²) in [6.07, 6.45) is 2.04. The molecule has 0 atom stereocenters. The average molecular weight is 440 g/mol. The van der Waals surface area contributed by atoms with Gasteiger partial charge in [-0.3, -0.25) is 9.59 Å². The molecule has 30 heavy (non-hydrogen) atoms. The van der Waals surface area contributed by atoms with E-state index in [1.807, 2.05) is 12.1 Å². The molecule has 0 bridgehead atoms. The van der Waals surface area contributed by atoms with Crippen molar-refractivity contribution in [2.75, 3.05) is 0 Å². The van der Waals surface area contributed by atoms with E-state index in [0.717, 1.165) is 24.0 Å². The Hall–Kier alpha value is -3.02. The van der Waals surface area contributed by atoms with Gasteiger partial charge in [-0.15, -0.1) is 0 Å². The second kappa shape index (κ2) is 7.04. The molecule has 0 saturated heterocycles. The zero-order valence-corrected chi connectivity index (χ0v) is 17.1. The molecule has 1 heterocycles. The van der Waals surface area contributed by atoms with Crippen LogP contribution < -0.4 is 10.7 Å². The van der Waals surface area contributed by atoms with Crippen LogP contribution in [0.5, 0.6) is 5.75 Å². The van der Waals surface area contributed by atoms with Crippen LogP contribution in [0.2, 0.25) is 10.0 Å². The van der Waals surface area contributed by atoms with Gasteiger partial charge >= 0.3 is 0 Å². The summed E-state index contributed by atoms with van der Waals surface area (Å²) in [5, 5.41) is 13.9. The summed E-state index contributed by atoms with van der Waals surface area (Å²) in [5.74, 6) is 0.111. The number of benzene rings is 3. The number of phenols is 1. The van der Waals surface area contributed by atoms with Gasteiger partial charge in [0.25, 0.3) is 5.91 Å². The van der Waals surface area contributed by atoms with Gasteiger partial charge in [-0.1, -0.05) is 35.3 Å². The van der Waals surface area contributed by atoms with Crippen LogP contribution in [0, 0.1) is 0 Å². The van der Waals surface area contributed by atoms with Crippen molar-refractivity contribution in [2.45, 2.75) is 18.9 Å². The molecular weight excluding hydrogens is 425 g/mol. The van der Waals surface area contributed by atoms with Crippen LogP contribution in [0.4, 0.5) is 0 Å². The fourth-order valence-electron chi connectivity index (χ4n) is 3.50. The van der Waals surface area contributed by atoms with Gasteiger partial charge in [0.05, 0.1) is 10.0 Å². The van der Waals surface area contributed by atoms with Crippen molar-refractivity contribution >= 4 is 40.1 Å². The first kappa shape index (κ1) is 19.0. The molecule has 7 heteroatoms. The minimum absolute atomic E-state index is 0.0728. The van der Waals surface area contributed by atoms with Crippen molar-refractivity contribution in [1.29, 1.82) is 0 Å². The number of hydrogen-bond donors (Lipinski definition) is 2. The summed E-state index contributed by atoms with van der Waals surface area (Å²) >= 11 is 12.3. The summed E-state index contributed by atoms with van der Waals surface area (Å²) in [6.45, 7) is 0. The lowest BCUT2D eigenvalue weighted by Crippen LogP contribution is -2.25. The van der Waals surface area contributed by atoms with Crippen molar-refractivity contribution in [2.24, 2.45) is 0 Å². The highest BCUT2D eigenvalue weighted by atomic mass is 35.5. The number of halogens is 2. The van der Waals surface area contributed by atoms with E-state index in [-0.39, 0.29) is 33.2 Å². The zero-order chi connectivity index (χ0) is 21.0. The third-order valence-corrected chi connectivity index (χ3v) is 5.79. The Kier molecular flexibility index (Phi) is 4.45. The number of nitrogens with one attached hydrogen (secondary N) is 1. The summed E-state index contributed by atoms with van der Waals surface area (Å²) < 4.78 is 5.85. The van der Waals surface area contributed by atoms with E-state index in [1.54, 1.807) is 24.3 Å². The first-order valence-electron chi connectivity index (χ1n) is 9.40. The van der Waals surface area contributed by atoms with Crippen LogP contribution in [-0.2, 0) is 0 Å². The van der Waals surface area contributed by atoms with Crippen molar-refractivity contribution in [1.82, 2.24) is 5.32 Å². The molecule has 2 aromatic rings. The van der Waals surface area contributed by atoms with Gasteiger partial charge < -0.3 is 14.8 Å². The molecule has 0 aromatic heterocycles. The van der Waals surface area contributed by atoms with Gasteiger partial charge in [0.1, 0.15) is 17.1 Å². The number of phenolic OH excluding ortho intramolecular Hbond substituents is 1. The van der Waals surface area contributed by atoms with Gasteiger partial charge in [-0.25, -0.2) is 0 Å². The van der Waals surface area contributed by atoms with Crippen molar-refractivity contribution in [3.63, 3.8) is 0 Å². The van der Waals surface area contributed by atoms with Crippen LogP contribution in [-0.4, -0.2) is 17.1 Å². The second-order valence-corrected chi connectivity index (χ2v) is 8.20. The summed E-state index contributed by atoms with van der Waals surface area (Å²) in [5.41, 5.74) is 2.74. The second-order valence-electron chi connectivity index (χ2n) is 7.38. The fraction of sp³-hybridized carbons (Fsp3) is 0.130. The van der Waals surface area contributed by atoms with Crippen LogP contribution in [0.3, 0.4) is 0 Å². The summed E-state index contributed by atoms with van der Waals surface area (Å²) in [6, 6.07) is 13.3. The Morgan fingerprint density at radius 1 is 1.03 bits per heavy atom. The maximum atomic E-state index is 12.3. The quantitative estimate of drug-likeness (QED) is 0.414. The lowest BCUT2D eigenvalue weighted by atomic mass is 9.93. The Bertz CT molecular complexity index is 1340. The Balaban J connectivity index is 1.73. The molecule has 1 saturated carbocycles. The first-order chi connectivity index (χ1) is 14.4. The molecule has 5 nitrogen and oxygen atoms in total. The third kappa shape index (κ3) is 3.30. The van der Waals surface area contributed by atoms with E-state index in [9.17, 15) is 14.7 Å². The number of fused-ring (bicyclic) bond motifs is 2. The standard InChI is InChI=1S/C23H15Cl2NO4/c24-16-7-14-20(9-18(16)27)30-21-10-19(28)17(25)8-15(21)22(14)11-1-3-12(4-2-11)23(29)26-13-5-6-13/h1-4,7-10,13,27H,5-6H2,(H,26,29). The van der Waals surface area contributed by atoms with Crippen molar-refractivity contribution in [3.05, 3.63) is 74.4 Å². The van der Waals surface area contributed by atoms with Crippen molar-refractivity contribution in [3.8, 4) is 28.2 Å². The molecular formula is C23H15Cl2NO4. The number of carbonyl (C=O) groups is 1. The van der Waals surface area contributed by atoms with Crippen molar-refractivity contribution < 1.29 is 14.3 Å². The lowest BCUT2D eigenvalue weighted by molar-refractivity contribution is 0.0951. The highest BCUT2D eigenvalue weighted by Gasteiger charge is 2.24. The molecule has 0 radical (unpaired) electrons. The van der Waals surface area contributed by atoms with Crippen LogP contribution >= 0.6 is 23.2 Å². The molecule has 0 spiro atoms. The average Bonchev–Trinajstić information content (AvgIpc) is 3.53. The molecule has 150 valence electrons. The van der Waals surface area contributed by atoms with E-state index in [0.29, 0.717) is 27.9 Å². The molecule has 5 rings (SSSR count). The number of aromatic hydroxyl groups is 1. The largest absolute Gasteiger partial charge is 0.506 e. The van der Waals surface area contributed by atoms with Crippen LogP contribution in [0.15, 0.2) is 57.7 Å². The lowest BCUT2D eigenvalue weighted by Gasteiger charge is -2.16. The predicted molar refractivity (Wildman–Crippen MR) is 117 cm³/mol. The smallest absolute Gasteiger partial charge is 0.251 e.